The van der Waals surface area contributed by atoms with Crippen LogP contribution in [0.2, 0.25) is 0 Å². The second kappa shape index (κ2) is 66.6. The molecule has 0 heterocycles. The van der Waals surface area contributed by atoms with Gasteiger partial charge in [0.2, 0.25) is 0 Å². The molecule has 0 aliphatic rings. The zero-order chi connectivity index (χ0) is 70.1. The molecule has 0 bridgehead atoms. The minimum Gasteiger partial charge on any atom is -0.462 e. The first-order chi connectivity index (χ1) is 45.8. The van der Waals surface area contributed by atoms with Gasteiger partial charge >= 0.3 is 39.5 Å². The summed E-state index contributed by atoms with van der Waals surface area (Å²) < 4.78 is 68.5. The number of esters is 4. The van der Waals surface area contributed by atoms with Crippen LogP contribution in [0.4, 0.5) is 0 Å². The van der Waals surface area contributed by atoms with Crippen molar-refractivity contribution in [2.45, 2.75) is 407 Å². The van der Waals surface area contributed by atoms with E-state index in [0.717, 1.165) is 108 Å². The highest BCUT2D eigenvalue weighted by molar-refractivity contribution is 7.47. The number of rotatable bonds is 74. The molecule has 0 spiro atoms. The Bertz CT molecular complexity index is 1850. The molecule has 95 heavy (non-hydrogen) atoms. The lowest BCUT2D eigenvalue weighted by Crippen LogP contribution is -2.30. The van der Waals surface area contributed by atoms with Crippen molar-refractivity contribution in [3.05, 3.63) is 0 Å². The molecule has 19 heteroatoms. The van der Waals surface area contributed by atoms with Crippen LogP contribution in [0, 0.1) is 17.8 Å². The number of unbranched alkanes of at least 4 members (excludes halogenated alkanes) is 41. The molecule has 3 N–H and O–H groups in total. The van der Waals surface area contributed by atoms with Crippen LogP contribution in [0.1, 0.15) is 389 Å². The molecular formula is C76H148O17P2. The summed E-state index contributed by atoms with van der Waals surface area (Å²) in [7, 11) is -9.91. The summed E-state index contributed by atoms with van der Waals surface area (Å²) in [5.41, 5.74) is 0. The fraction of sp³-hybridized carbons (Fsp3) is 0.947. The van der Waals surface area contributed by atoms with Gasteiger partial charge in [0.05, 0.1) is 26.4 Å². The SMILES string of the molecule is CCCCCCCCCCCCC(=O)OC[C@H](COP(=O)(O)OC[C@H](O)COP(=O)(O)OC[C@@H](COC(=O)CCCCCCCCCCCCCCC(C)C)OC(=O)CCCCCCCCCCCCCCCCCC(C)C)OC(=O)CCCCCCCCCCC(C)CC. The van der Waals surface area contributed by atoms with Crippen molar-refractivity contribution < 1.29 is 80.2 Å². The van der Waals surface area contributed by atoms with Gasteiger partial charge in [0.1, 0.15) is 19.3 Å². The Morgan fingerprint density at radius 1 is 0.305 bits per heavy atom. The monoisotopic (exact) mass is 1400 g/mol. The number of aliphatic hydroxyl groups excluding tert-OH is 1. The second-order valence-corrected chi connectivity index (χ2v) is 31.5. The maximum Gasteiger partial charge on any atom is 0.472 e. The van der Waals surface area contributed by atoms with Gasteiger partial charge in [-0.15, -0.1) is 0 Å². The van der Waals surface area contributed by atoms with Crippen molar-refractivity contribution in [1.29, 1.82) is 0 Å². The van der Waals surface area contributed by atoms with Crippen LogP contribution in [0.3, 0.4) is 0 Å². The van der Waals surface area contributed by atoms with Crippen molar-refractivity contribution in [2.24, 2.45) is 17.8 Å². The number of carbonyl (C=O) groups excluding carboxylic acids is 4. The van der Waals surface area contributed by atoms with Crippen LogP contribution in [0.5, 0.6) is 0 Å². The Hall–Kier alpha value is -1.94. The van der Waals surface area contributed by atoms with E-state index in [1.54, 1.807) is 0 Å². The first-order valence-corrected chi connectivity index (χ1v) is 42.4. The second-order valence-electron chi connectivity index (χ2n) is 28.6. The van der Waals surface area contributed by atoms with Gasteiger partial charge in [-0.1, -0.05) is 337 Å². The van der Waals surface area contributed by atoms with E-state index < -0.39 is 97.5 Å². The summed E-state index contributed by atoms with van der Waals surface area (Å²) in [5.74, 6) is 0.236. The van der Waals surface area contributed by atoms with Crippen LogP contribution in [0.25, 0.3) is 0 Å². The van der Waals surface area contributed by atoms with E-state index in [9.17, 15) is 43.2 Å². The van der Waals surface area contributed by atoms with Gasteiger partial charge in [0.15, 0.2) is 12.2 Å². The molecule has 0 rings (SSSR count). The number of phosphoric acid groups is 2. The summed E-state index contributed by atoms with van der Waals surface area (Å²) in [6.07, 6.45) is 52.6. The zero-order valence-electron chi connectivity index (χ0n) is 62.1. The molecule has 6 atom stereocenters. The minimum atomic E-state index is -4.96. The molecule has 3 unspecified atom stereocenters. The lowest BCUT2D eigenvalue weighted by Gasteiger charge is -2.21. The Morgan fingerprint density at radius 3 is 0.800 bits per heavy atom. The fourth-order valence-corrected chi connectivity index (χ4v) is 13.1. The smallest absolute Gasteiger partial charge is 0.462 e. The van der Waals surface area contributed by atoms with Gasteiger partial charge in [-0.3, -0.25) is 37.3 Å². The molecule has 0 aliphatic heterocycles. The van der Waals surface area contributed by atoms with Crippen LogP contribution in [-0.4, -0.2) is 96.7 Å². The van der Waals surface area contributed by atoms with Crippen LogP contribution >= 0.6 is 15.6 Å². The molecule has 0 radical (unpaired) electrons. The van der Waals surface area contributed by atoms with Crippen LogP contribution in [0.15, 0.2) is 0 Å². The van der Waals surface area contributed by atoms with Crippen molar-refractivity contribution in [2.75, 3.05) is 39.6 Å². The number of phosphoric ester groups is 2. The lowest BCUT2D eigenvalue weighted by molar-refractivity contribution is -0.161. The molecule has 0 aromatic rings. The maximum atomic E-state index is 13.1. The van der Waals surface area contributed by atoms with Gasteiger partial charge in [0.25, 0.3) is 0 Å². The number of aliphatic hydroxyl groups is 1. The molecule has 0 saturated heterocycles. The maximum absolute atomic E-state index is 13.1. The van der Waals surface area contributed by atoms with Gasteiger partial charge < -0.3 is 33.8 Å². The molecule has 0 amide bonds. The Balaban J connectivity index is 5.25. The average molecular weight is 1400 g/mol. The van der Waals surface area contributed by atoms with Crippen LogP contribution < -0.4 is 0 Å². The number of hydrogen-bond acceptors (Lipinski definition) is 15. The summed E-state index contributed by atoms with van der Waals surface area (Å²) in [6, 6.07) is 0. The average Bonchev–Trinajstić information content (AvgIpc) is 3.32. The zero-order valence-corrected chi connectivity index (χ0v) is 63.9. The standard InChI is InChI=1S/C76H148O17P2/c1-8-10-11-12-13-14-28-36-43-50-57-73(78)86-64-72(93-76(81)60-53-46-39-32-31-35-42-49-56-69(7)9-2)66-91-95(84,85)89-62-70(77)61-88-94(82,83)90-65-71(63-87-74(79)58-51-44-37-29-24-21-20-23-27-34-41-48-55-68(5)6)92-75(80)59-52-45-38-30-25-19-17-15-16-18-22-26-33-40-47-54-67(3)4/h67-72,77H,8-66H2,1-7H3,(H,82,83)(H,84,85)/t69?,70-,71-,72-/m1/s1. The third kappa shape index (κ3) is 69.0. The molecule has 0 aliphatic carbocycles. The normalized spacial score (nSPS) is 14.4. The molecule has 0 aromatic carbocycles. The van der Waals surface area contributed by atoms with Gasteiger partial charge in [-0.2, -0.15) is 0 Å². The van der Waals surface area contributed by atoms with E-state index in [4.69, 9.17) is 37.0 Å². The fourth-order valence-electron chi connectivity index (χ4n) is 11.6. The highest BCUT2D eigenvalue weighted by Crippen LogP contribution is 2.45. The number of ether oxygens (including phenoxy) is 4. The molecular weight excluding hydrogens is 1250 g/mol. The van der Waals surface area contributed by atoms with E-state index in [0.29, 0.717) is 25.7 Å². The number of carbonyl (C=O) groups is 4. The summed E-state index contributed by atoms with van der Waals surface area (Å²) >= 11 is 0. The summed E-state index contributed by atoms with van der Waals surface area (Å²) in [6.45, 7) is 11.9. The summed E-state index contributed by atoms with van der Waals surface area (Å²) in [4.78, 5) is 72.8. The molecule has 0 fully saturated rings. The number of hydrogen-bond donors (Lipinski definition) is 3. The van der Waals surface area contributed by atoms with Crippen molar-refractivity contribution in [1.82, 2.24) is 0 Å². The Morgan fingerprint density at radius 2 is 0.537 bits per heavy atom. The third-order valence-corrected chi connectivity index (χ3v) is 19.9. The molecule has 564 valence electrons. The first-order valence-electron chi connectivity index (χ1n) is 39.4. The largest absolute Gasteiger partial charge is 0.472 e. The van der Waals surface area contributed by atoms with E-state index in [1.165, 1.54) is 199 Å². The Labute approximate surface area is 581 Å². The van der Waals surface area contributed by atoms with E-state index in [1.807, 2.05) is 0 Å². The minimum absolute atomic E-state index is 0.105. The summed E-state index contributed by atoms with van der Waals surface area (Å²) in [5, 5.41) is 10.6. The van der Waals surface area contributed by atoms with Gasteiger partial charge in [-0.05, 0) is 43.4 Å². The van der Waals surface area contributed by atoms with Crippen molar-refractivity contribution in [3.63, 3.8) is 0 Å². The van der Waals surface area contributed by atoms with Gasteiger partial charge in [-0.25, -0.2) is 9.13 Å². The van der Waals surface area contributed by atoms with E-state index >= 15 is 0 Å². The van der Waals surface area contributed by atoms with Gasteiger partial charge in [0, 0.05) is 25.7 Å². The topological polar surface area (TPSA) is 237 Å². The quantitative estimate of drug-likeness (QED) is 0.0222. The van der Waals surface area contributed by atoms with E-state index in [2.05, 4.69) is 48.5 Å². The van der Waals surface area contributed by atoms with E-state index in [-0.39, 0.29) is 25.7 Å². The molecule has 17 nitrogen and oxygen atoms in total. The predicted octanol–water partition coefficient (Wildman–Crippen LogP) is 22.2. The highest BCUT2D eigenvalue weighted by atomic mass is 31.2. The van der Waals surface area contributed by atoms with Crippen molar-refractivity contribution in [3.8, 4) is 0 Å². The predicted molar refractivity (Wildman–Crippen MR) is 386 cm³/mol. The Kier molecular flexibility index (Phi) is 65.2. The van der Waals surface area contributed by atoms with Crippen LogP contribution in [-0.2, 0) is 65.4 Å². The molecule has 0 saturated carbocycles. The first kappa shape index (κ1) is 93.1. The third-order valence-electron chi connectivity index (χ3n) is 18.0. The van der Waals surface area contributed by atoms with Crippen molar-refractivity contribution >= 4 is 39.5 Å². The highest BCUT2D eigenvalue weighted by Gasteiger charge is 2.30. The lowest BCUT2D eigenvalue weighted by atomic mass is 9.99. The molecule has 0 aromatic heterocycles.